The van der Waals surface area contributed by atoms with E-state index < -0.39 is 0 Å². The Labute approximate surface area is 92.5 Å². The van der Waals surface area contributed by atoms with Gasteiger partial charge >= 0.3 is 0 Å². The number of aliphatic imine (C=N–C) groups is 1. The van der Waals surface area contributed by atoms with Crippen LogP contribution in [0.5, 0.6) is 0 Å². The van der Waals surface area contributed by atoms with Gasteiger partial charge in [-0.05, 0) is 31.2 Å². The first-order valence-corrected chi connectivity index (χ1v) is 5.35. The van der Waals surface area contributed by atoms with Gasteiger partial charge in [-0.1, -0.05) is 23.4 Å². The van der Waals surface area contributed by atoms with Crippen LogP contribution in [0.4, 0.5) is 5.69 Å². The van der Waals surface area contributed by atoms with Crippen LogP contribution in [-0.4, -0.2) is 10.5 Å². The Morgan fingerprint density at radius 2 is 2.00 bits per heavy atom. The number of amidine groups is 1. The Hall–Kier alpha value is -0.710. The van der Waals surface area contributed by atoms with Gasteiger partial charge in [0.05, 0.1) is 11.1 Å². The van der Waals surface area contributed by atoms with Gasteiger partial charge in [-0.3, -0.25) is 0 Å². The van der Waals surface area contributed by atoms with Crippen LogP contribution in [0.25, 0.3) is 0 Å². The molecule has 0 aliphatic heterocycles. The number of hydrogen-bond acceptors (Lipinski definition) is 3. The average molecular weight is 230 g/mol. The lowest BCUT2D eigenvalue weighted by molar-refractivity contribution is 1.05. The molecule has 14 heavy (non-hydrogen) atoms. The quantitative estimate of drug-likeness (QED) is 0.465. The van der Waals surface area contributed by atoms with Crippen LogP contribution in [0.2, 0.25) is 5.02 Å². The molecule has 0 fully saturated rings. The Kier molecular flexibility index (Phi) is 4.25. The number of nitrogens with two attached hydrogens (primary N) is 2. The van der Waals surface area contributed by atoms with Crippen LogP contribution in [0.1, 0.15) is 6.92 Å². The van der Waals surface area contributed by atoms with Crippen molar-refractivity contribution in [1.29, 1.82) is 0 Å². The minimum Gasteiger partial charge on any atom is -0.378 e. The zero-order valence-corrected chi connectivity index (χ0v) is 9.35. The first-order chi connectivity index (χ1) is 6.58. The zero-order chi connectivity index (χ0) is 10.6. The maximum atomic E-state index is 5.73. The van der Waals surface area contributed by atoms with Crippen molar-refractivity contribution in [3.05, 3.63) is 29.3 Å². The first-order valence-electron chi connectivity index (χ1n) is 4.10. The van der Waals surface area contributed by atoms with E-state index in [1.807, 2.05) is 6.92 Å². The van der Waals surface area contributed by atoms with Crippen LogP contribution in [-0.2, 0) is 0 Å². The van der Waals surface area contributed by atoms with Gasteiger partial charge < -0.3 is 11.5 Å². The molecule has 1 unspecified atom stereocenters. The van der Waals surface area contributed by atoms with Gasteiger partial charge in [0.1, 0.15) is 0 Å². The molecule has 5 heteroatoms. The van der Waals surface area contributed by atoms with Crippen molar-refractivity contribution in [1.82, 2.24) is 0 Å². The largest absolute Gasteiger partial charge is 0.378 e. The summed E-state index contributed by atoms with van der Waals surface area (Å²) in [4.78, 5) is 4.16. The van der Waals surface area contributed by atoms with Crippen molar-refractivity contribution >= 4 is 34.2 Å². The third-order valence-corrected chi connectivity index (χ3v) is 2.33. The van der Waals surface area contributed by atoms with E-state index in [0.29, 0.717) is 10.2 Å². The smallest absolute Gasteiger partial charge is 0.160 e. The van der Waals surface area contributed by atoms with Gasteiger partial charge in [-0.25, -0.2) is 4.99 Å². The predicted octanol–water partition coefficient (Wildman–Crippen LogP) is 2.32. The van der Waals surface area contributed by atoms with Crippen molar-refractivity contribution in [2.45, 2.75) is 12.3 Å². The topological polar surface area (TPSA) is 64.4 Å². The summed E-state index contributed by atoms with van der Waals surface area (Å²) in [5.41, 5.74) is 12.0. The third-order valence-electron chi connectivity index (χ3n) is 1.37. The molecule has 0 aliphatic rings. The minimum absolute atomic E-state index is 0.0500. The van der Waals surface area contributed by atoms with Crippen molar-refractivity contribution in [2.24, 2.45) is 16.5 Å². The summed E-state index contributed by atoms with van der Waals surface area (Å²) < 4.78 is 0. The second-order valence-corrected chi connectivity index (χ2v) is 4.58. The highest BCUT2D eigenvalue weighted by Crippen LogP contribution is 2.17. The molecule has 0 amide bonds. The molecule has 0 saturated heterocycles. The van der Waals surface area contributed by atoms with E-state index in [9.17, 15) is 0 Å². The molecule has 0 aromatic heterocycles. The fraction of sp³-hybridized carbons (Fsp3) is 0.222. The van der Waals surface area contributed by atoms with Gasteiger partial charge in [0, 0.05) is 5.02 Å². The van der Waals surface area contributed by atoms with E-state index in [1.165, 1.54) is 11.8 Å². The monoisotopic (exact) mass is 229 g/mol. The normalized spacial score (nSPS) is 14.1. The van der Waals surface area contributed by atoms with Crippen LogP contribution < -0.4 is 11.5 Å². The fourth-order valence-electron chi connectivity index (χ4n) is 0.860. The fourth-order valence-corrected chi connectivity index (χ4v) is 1.52. The van der Waals surface area contributed by atoms with Crippen molar-refractivity contribution in [2.75, 3.05) is 0 Å². The summed E-state index contributed by atoms with van der Waals surface area (Å²) in [6, 6.07) is 7.14. The molecule has 1 aromatic carbocycles. The van der Waals surface area contributed by atoms with Crippen molar-refractivity contribution in [3.63, 3.8) is 0 Å². The van der Waals surface area contributed by atoms with Gasteiger partial charge in [0.15, 0.2) is 5.17 Å². The number of rotatable bonds is 2. The van der Waals surface area contributed by atoms with Crippen molar-refractivity contribution < 1.29 is 0 Å². The molecule has 1 atom stereocenters. The summed E-state index contributed by atoms with van der Waals surface area (Å²) in [6.45, 7) is 1.86. The molecule has 0 spiro atoms. The number of hydrogen-bond donors (Lipinski definition) is 2. The molecule has 0 bridgehead atoms. The Bertz CT molecular complexity index is 321. The number of nitrogens with zero attached hydrogens (tertiary/aromatic N) is 1. The standard InChI is InChI=1S/C9H12ClN3S/c1-6(11)14-9(12)13-8-4-2-7(10)3-5-8/h2-6H,11H2,1H3,(H2,12,13). The number of benzene rings is 1. The van der Waals surface area contributed by atoms with Crippen molar-refractivity contribution in [3.8, 4) is 0 Å². The molecule has 0 aliphatic carbocycles. The van der Waals surface area contributed by atoms with E-state index >= 15 is 0 Å². The molecular formula is C9H12ClN3S. The highest BCUT2D eigenvalue weighted by Gasteiger charge is 1.99. The molecular weight excluding hydrogens is 218 g/mol. The maximum Gasteiger partial charge on any atom is 0.160 e. The molecule has 3 nitrogen and oxygen atoms in total. The van der Waals surface area contributed by atoms with Gasteiger partial charge in [0.2, 0.25) is 0 Å². The lowest BCUT2D eigenvalue weighted by atomic mass is 10.3. The van der Waals surface area contributed by atoms with Gasteiger partial charge in [-0.2, -0.15) is 0 Å². The van der Waals surface area contributed by atoms with Gasteiger partial charge in [0.25, 0.3) is 0 Å². The highest BCUT2D eigenvalue weighted by molar-refractivity contribution is 8.14. The van der Waals surface area contributed by atoms with Crippen LogP contribution in [0, 0.1) is 0 Å². The molecule has 4 N–H and O–H groups in total. The summed E-state index contributed by atoms with van der Waals surface area (Å²) in [6.07, 6.45) is 0. The predicted molar refractivity (Wildman–Crippen MR) is 64.0 cm³/mol. The summed E-state index contributed by atoms with van der Waals surface area (Å²) in [7, 11) is 0. The van der Waals surface area contributed by atoms with E-state index in [2.05, 4.69) is 4.99 Å². The average Bonchev–Trinajstić information content (AvgIpc) is 2.07. The van der Waals surface area contributed by atoms with E-state index in [-0.39, 0.29) is 5.37 Å². The second-order valence-electron chi connectivity index (χ2n) is 2.75. The maximum absolute atomic E-state index is 5.73. The lowest BCUT2D eigenvalue weighted by Gasteiger charge is -2.03. The third kappa shape index (κ3) is 4.00. The minimum atomic E-state index is -0.0500. The SMILES string of the molecule is CC(N)SC(N)=Nc1ccc(Cl)cc1. The van der Waals surface area contributed by atoms with Crippen LogP contribution >= 0.6 is 23.4 Å². The first kappa shape index (κ1) is 11.4. The van der Waals surface area contributed by atoms with E-state index in [1.54, 1.807) is 24.3 Å². The Morgan fingerprint density at radius 1 is 1.43 bits per heavy atom. The van der Waals surface area contributed by atoms with E-state index in [4.69, 9.17) is 23.1 Å². The molecule has 1 aromatic rings. The number of thioether (sulfide) groups is 1. The molecule has 0 radical (unpaired) electrons. The van der Waals surface area contributed by atoms with Crippen LogP contribution in [0.15, 0.2) is 29.3 Å². The molecule has 76 valence electrons. The second kappa shape index (κ2) is 5.24. The lowest BCUT2D eigenvalue weighted by Crippen LogP contribution is -2.17. The molecule has 0 heterocycles. The zero-order valence-electron chi connectivity index (χ0n) is 7.77. The number of halogens is 1. The highest BCUT2D eigenvalue weighted by atomic mass is 35.5. The summed E-state index contributed by atoms with van der Waals surface area (Å²) in [5.74, 6) is 0. The molecule has 0 saturated carbocycles. The summed E-state index contributed by atoms with van der Waals surface area (Å²) >= 11 is 7.05. The summed E-state index contributed by atoms with van der Waals surface area (Å²) in [5, 5.41) is 1.09. The van der Waals surface area contributed by atoms with Crippen LogP contribution in [0.3, 0.4) is 0 Å². The van der Waals surface area contributed by atoms with Gasteiger partial charge in [-0.15, -0.1) is 0 Å². The Morgan fingerprint density at radius 3 is 2.50 bits per heavy atom. The molecule has 1 rings (SSSR count). The Balaban J connectivity index is 2.71. The van der Waals surface area contributed by atoms with E-state index in [0.717, 1.165) is 5.69 Å².